The van der Waals surface area contributed by atoms with Crippen LogP contribution in [0.15, 0.2) is 88.6 Å². The topological polar surface area (TPSA) is 62.9 Å². The van der Waals surface area contributed by atoms with Gasteiger partial charge in [-0.05, 0) is 49.1 Å². The van der Waals surface area contributed by atoms with Gasteiger partial charge in [0.25, 0.3) is 5.56 Å². The molecule has 0 spiro atoms. The normalized spacial score (nSPS) is 12.3. The molecule has 1 aromatic heterocycles. The molecule has 0 saturated carbocycles. The number of hydrogen-bond donors (Lipinski definition) is 0. The van der Waals surface area contributed by atoms with Crippen LogP contribution in [0, 0.1) is 18.3 Å². The van der Waals surface area contributed by atoms with E-state index in [1.165, 1.54) is 4.57 Å². The van der Waals surface area contributed by atoms with Crippen LogP contribution in [-0.4, -0.2) is 16.6 Å². The largest absolute Gasteiger partial charge is 0.288 e. The molecule has 0 aliphatic heterocycles. The van der Waals surface area contributed by atoms with E-state index in [1.807, 2.05) is 67.8 Å². The number of nitrogens with zero attached hydrogens (tertiary/aromatic N) is 2. The van der Waals surface area contributed by atoms with Gasteiger partial charge in [-0.25, -0.2) is 0 Å². The lowest BCUT2D eigenvalue weighted by atomic mass is 10.1. The zero-order valence-corrected chi connectivity index (χ0v) is 19.7. The maximum Gasteiger partial charge on any atom is 0.273 e. The standard InChI is InChI=1S/C27H20N2O2S2/c1-18-8-12-21(13-9-18)29-26(31)24(16-19-10-14-22(32-2)15-11-19)33-27(29)23(17-28)25(30)20-6-4-3-5-7-20/h3-16H,1-2H3. The van der Waals surface area contributed by atoms with Crippen molar-refractivity contribution in [2.75, 3.05) is 6.26 Å². The molecular weight excluding hydrogens is 448 g/mol. The Balaban J connectivity index is 2.02. The van der Waals surface area contributed by atoms with Gasteiger partial charge in [-0.2, -0.15) is 5.26 Å². The van der Waals surface area contributed by atoms with E-state index in [-0.39, 0.29) is 11.1 Å². The van der Waals surface area contributed by atoms with Gasteiger partial charge in [-0.1, -0.05) is 60.2 Å². The van der Waals surface area contributed by atoms with E-state index in [1.54, 1.807) is 42.1 Å². The maximum atomic E-state index is 13.5. The van der Waals surface area contributed by atoms with Gasteiger partial charge in [0.1, 0.15) is 16.3 Å². The van der Waals surface area contributed by atoms with E-state index in [4.69, 9.17) is 0 Å². The summed E-state index contributed by atoms with van der Waals surface area (Å²) >= 11 is 2.80. The molecule has 0 unspecified atom stereocenters. The predicted molar refractivity (Wildman–Crippen MR) is 135 cm³/mol. The number of thiazole rings is 1. The van der Waals surface area contributed by atoms with Crippen LogP contribution in [0.5, 0.6) is 0 Å². The molecule has 0 aliphatic carbocycles. The molecule has 0 atom stereocenters. The number of aryl methyl sites for hydroxylation is 1. The number of carbonyl (C=O) groups is 1. The maximum absolute atomic E-state index is 13.5. The first-order chi connectivity index (χ1) is 16.0. The Morgan fingerprint density at radius 2 is 1.67 bits per heavy atom. The van der Waals surface area contributed by atoms with Crippen molar-refractivity contribution in [3.05, 3.63) is 115 Å². The van der Waals surface area contributed by atoms with Crippen LogP contribution in [0.1, 0.15) is 21.5 Å². The fraction of sp³-hybridized carbons (Fsp3) is 0.0741. The molecule has 162 valence electrons. The Labute approximate surface area is 199 Å². The Kier molecular flexibility index (Phi) is 6.74. The van der Waals surface area contributed by atoms with Gasteiger partial charge < -0.3 is 0 Å². The molecular formula is C27H20N2O2S2. The Bertz CT molecular complexity index is 1520. The van der Waals surface area contributed by atoms with Crippen molar-refractivity contribution < 1.29 is 4.79 Å². The van der Waals surface area contributed by atoms with E-state index < -0.39 is 5.78 Å². The molecule has 0 radical (unpaired) electrons. The SMILES string of the molecule is CSc1ccc(C=c2sc(=C(C#N)C(=O)c3ccccc3)n(-c3ccc(C)cc3)c2=O)cc1. The number of thioether (sulfide) groups is 1. The summed E-state index contributed by atoms with van der Waals surface area (Å²) in [6.45, 7) is 1.96. The molecule has 6 heteroatoms. The first kappa shape index (κ1) is 22.5. The van der Waals surface area contributed by atoms with Gasteiger partial charge >= 0.3 is 0 Å². The first-order valence-electron chi connectivity index (χ1n) is 10.2. The summed E-state index contributed by atoms with van der Waals surface area (Å²) in [6.07, 6.45) is 3.81. The minimum absolute atomic E-state index is 0.0544. The fourth-order valence-electron chi connectivity index (χ4n) is 3.36. The highest BCUT2D eigenvalue weighted by Gasteiger charge is 2.18. The van der Waals surface area contributed by atoms with Gasteiger partial charge in [0.15, 0.2) is 0 Å². The number of hydrogen-bond acceptors (Lipinski definition) is 5. The zero-order valence-electron chi connectivity index (χ0n) is 18.1. The van der Waals surface area contributed by atoms with Gasteiger partial charge in [-0.3, -0.25) is 14.2 Å². The molecule has 0 bridgehead atoms. The minimum Gasteiger partial charge on any atom is -0.288 e. The van der Waals surface area contributed by atoms with E-state index in [9.17, 15) is 14.9 Å². The zero-order chi connectivity index (χ0) is 23.4. The Morgan fingerprint density at radius 1 is 1.00 bits per heavy atom. The monoisotopic (exact) mass is 468 g/mol. The number of carbonyl (C=O) groups excluding carboxylic acids is 1. The number of nitriles is 1. The smallest absolute Gasteiger partial charge is 0.273 e. The third-order valence-corrected chi connectivity index (χ3v) is 6.95. The van der Waals surface area contributed by atoms with Gasteiger partial charge in [0.2, 0.25) is 5.78 Å². The molecule has 0 fully saturated rings. The number of benzene rings is 3. The molecule has 3 aromatic carbocycles. The third-order valence-electron chi connectivity index (χ3n) is 5.12. The van der Waals surface area contributed by atoms with Crippen LogP contribution in [0.4, 0.5) is 0 Å². The Morgan fingerprint density at radius 3 is 2.27 bits per heavy atom. The van der Waals surface area contributed by atoms with Crippen LogP contribution < -0.4 is 14.8 Å². The van der Waals surface area contributed by atoms with Crippen molar-refractivity contribution >= 4 is 40.5 Å². The number of Topliss-reactive ketones (excluding diaryl/α,β-unsaturated/α-hetero) is 1. The summed E-state index contributed by atoms with van der Waals surface area (Å²) in [5.41, 5.74) is 2.63. The van der Waals surface area contributed by atoms with Crippen molar-refractivity contribution in [3.8, 4) is 11.8 Å². The summed E-state index contributed by atoms with van der Waals surface area (Å²) < 4.78 is 2.24. The van der Waals surface area contributed by atoms with Crippen molar-refractivity contribution in [1.82, 2.24) is 4.57 Å². The van der Waals surface area contributed by atoms with Gasteiger partial charge in [-0.15, -0.1) is 23.1 Å². The Hall–Kier alpha value is -3.66. The molecule has 4 aromatic rings. The summed E-state index contributed by atoms with van der Waals surface area (Å²) in [7, 11) is 0. The fourth-order valence-corrected chi connectivity index (χ4v) is 4.87. The lowest BCUT2D eigenvalue weighted by molar-refractivity contribution is 0.105. The first-order valence-corrected chi connectivity index (χ1v) is 12.2. The average Bonchev–Trinajstić information content (AvgIpc) is 3.16. The van der Waals surface area contributed by atoms with Crippen LogP contribution >= 0.6 is 23.1 Å². The molecule has 0 amide bonds. The van der Waals surface area contributed by atoms with Crippen LogP contribution in [-0.2, 0) is 0 Å². The summed E-state index contributed by atoms with van der Waals surface area (Å²) in [5.74, 6) is -0.406. The van der Waals surface area contributed by atoms with E-state index >= 15 is 0 Å². The molecule has 0 N–H and O–H groups in total. The van der Waals surface area contributed by atoms with Crippen LogP contribution in [0.25, 0.3) is 17.3 Å². The van der Waals surface area contributed by atoms with Crippen LogP contribution in [0.3, 0.4) is 0 Å². The minimum atomic E-state index is -0.406. The summed E-state index contributed by atoms with van der Waals surface area (Å²) in [4.78, 5) is 27.8. The average molecular weight is 469 g/mol. The quantitative estimate of drug-likeness (QED) is 0.323. The van der Waals surface area contributed by atoms with Crippen molar-refractivity contribution in [2.45, 2.75) is 11.8 Å². The molecule has 1 heterocycles. The van der Waals surface area contributed by atoms with Crippen molar-refractivity contribution in [3.63, 3.8) is 0 Å². The lowest BCUT2D eigenvalue weighted by Crippen LogP contribution is -2.31. The third kappa shape index (κ3) is 4.75. The van der Waals surface area contributed by atoms with Gasteiger partial charge in [0, 0.05) is 10.5 Å². The number of rotatable bonds is 5. The molecule has 0 saturated heterocycles. The summed E-state index contributed by atoms with van der Waals surface area (Å²) in [6, 6.07) is 26.1. The number of aromatic nitrogens is 1. The molecule has 4 nitrogen and oxygen atoms in total. The number of ketones is 1. The van der Waals surface area contributed by atoms with E-state index in [2.05, 4.69) is 6.07 Å². The summed E-state index contributed by atoms with van der Waals surface area (Å²) in [5, 5.41) is 9.95. The highest BCUT2D eigenvalue weighted by molar-refractivity contribution is 7.98. The van der Waals surface area contributed by atoms with Crippen molar-refractivity contribution in [1.29, 1.82) is 5.26 Å². The molecule has 0 aliphatic rings. The van der Waals surface area contributed by atoms with E-state index in [0.29, 0.717) is 20.4 Å². The van der Waals surface area contributed by atoms with Gasteiger partial charge in [0.05, 0.1) is 10.2 Å². The second kappa shape index (κ2) is 9.86. The molecule has 4 rings (SSSR count). The second-order valence-electron chi connectivity index (χ2n) is 7.35. The second-order valence-corrected chi connectivity index (χ2v) is 9.26. The highest BCUT2D eigenvalue weighted by atomic mass is 32.2. The van der Waals surface area contributed by atoms with Crippen molar-refractivity contribution in [2.24, 2.45) is 0 Å². The molecule has 33 heavy (non-hydrogen) atoms. The van der Waals surface area contributed by atoms with E-state index in [0.717, 1.165) is 27.4 Å². The highest BCUT2D eigenvalue weighted by Crippen LogP contribution is 2.15. The predicted octanol–water partition coefficient (Wildman–Crippen LogP) is 4.32. The van der Waals surface area contributed by atoms with Crippen LogP contribution in [0.2, 0.25) is 0 Å². The lowest BCUT2D eigenvalue weighted by Gasteiger charge is -2.04.